The first kappa shape index (κ1) is 11.6. The maximum absolute atomic E-state index is 3.51. The molecule has 1 saturated carbocycles. The van der Waals surface area contributed by atoms with E-state index in [-0.39, 0.29) is 0 Å². The van der Waals surface area contributed by atoms with Crippen LogP contribution in [-0.2, 0) is 0 Å². The molecule has 0 heteroatoms. The van der Waals surface area contributed by atoms with Gasteiger partial charge in [0.2, 0.25) is 0 Å². The molecule has 1 fully saturated rings. The maximum Gasteiger partial charge on any atom is 0.0203 e. The van der Waals surface area contributed by atoms with Gasteiger partial charge in [0.25, 0.3) is 0 Å². The third kappa shape index (κ3) is 4.18. The van der Waals surface area contributed by atoms with E-state index >= 15 is 0 Å². The third-order valence-corrected chi connectivity index (χ3v) is 3.23. The molecule has 0 aromatic rings. The summed E-state index contributed by atoms with van der Waals surface area (Å²) in [5.41, 5.74) is 0. The van der Waals surface area contributed by atoms with Crippen LogP contribution >= 0.6 is 0 Å². The molecule has 0 N–H and O–H groups in total. The van der Waals surface area contributed by atoms with Gasteiger partial charge in [-0.05, 0) is 25.7 Å². The predicted molar refractivity (Wildman–Crippen MR) is 63.0 cm³/mol. The molecule has 1 unspecified atom stereocenters. The Kier molecular flexibility index (Phi) is 5.76. The summed E-state index contributed by atoms with van der Waals surface area (Å²) >= 11 is 0. The Labute approximate surface area is 89.5 Å². The van der Waals surface area contributed by atoms with E-state index in [0.29, 0.717) is 5.92 Å². The normalized spacial score (nSPS) is 19.9. The van der Waals surface area contributed by atoms with Crippen molar-refractivity contribution in [1.29, 1.82) is 0 Å². The first-order valence-corrected chi connectivity index (χ1v) is 6.37. The largest absolute Gasteiger partial charge is 0.0996 e. The molecule has 0 bridgehead atoms. The van der Waals surface area contributed by atoms with Crippen molar-refractivity contribution in [2.45, 2.75) is 65.2 Å². The van der Waals surface area contributed by atoms with Crippen molar-refractivity contribution in [2.75, 3.05) is 0 Å². The Morgan fingerprint density at radius 2 is 1.86 bits per heavy atom. The van der Waals surface area contributed by atoms with Gasteiger partial charge in [-0.3, -0.25) is 0 Å². The van der Waals surface area contributed by atoms with Crippen molar-refractivity contribution in [1.82, 2.24) is 0 Å². The van der Waals surface area contributed by atoms with Gasteiger partial charge in [0.05, 0.1) is 0 Å². The second-order valence-electron chi connectivity index (χ2n) is 4.52. The van der Waals surface area contributed by atoms with Gasteiger partial charge in [0.15, 0.2) is 0 Å². The second kappa shape index (κ2) is 6.93. The van der Waals surface area contributed by atoms with Crippen molar-refractivity contribution in [3.63, 3.8) is 0 Å². The summed E-state index contributed by atoms with van der Waals surface area (Å²) in [4.78, 5) is 0. The number of hydrogen-bond donors (Lipinski definition) is 0. The molecule has 0 spiro atoms. The summed E-state index contributed by atoms with van der Waals surface area (Å²) in [6, 6.07) is 0. The molecule has 0 aromatic heterocycles. The standard InChI is InChI=1S/C14H24/c1-3-8-13(4-2)11-12-14-9-6-5-7-10-14/h13-14H,3-10H2,1-2H3. The number of hydrogen-bond acceptors (Lipinski definition) is 0. The lowest BCUT2D eigenvalue weighted by Gasteiger charge is -2.16. The molecule has 1 aliphatic rings. The van der Waals surface area contributed by atoms with E-state index in [2.05, 4.69) is 25.7 Å². The Bertz CT molecular complexity index is 179. The Balaban J connectivity index is 2.34. The average molecular weight is 192 g/mol. The molecule has 0 heterocycles. The summed E-state index contributed by atoms with van der Waals surface area (Å²) in [6.07, 6.45) is 10.8. The first-order valence-electron chi connectivity index (χ1n) is 6.37. The lowest BCUT2D eigenvalue weighted by atomic mass is 9.89. The molecule has 80 valence electrons. The lowest BCUT2D eigenvalue weighted by Crippen LogP contribution is -2.04. The maximum atomic E-state index is 3.51. The minimum Gasteiger partial charge on any atom is -0.0996 e. The quantitative estimate of drug-likeness (QED) is 0.581. The number of rotatable bonds is 3. The van der Waals surface area contributed by atoms with Gasteiger partial charge < -0.3 is 0 Å². The van der Waals surface area contributed by atoms with Gasteiger partial charge in [-0.25, -0.2) is 0 Å². The third-order valence-electron chi connectivity index (χ3n) is 3.23. The molecular formula is C14H24. The molecule has 1 rings (SSSR count). The van der Waals surface area contributed by atoms with E-state index in [0.717, 1.165) is 5.92 Å². The molecule has 0 aromatic carbocycles. The van der Waals surface area contributed by atoms with Gasteiger partial charge in [0, 0.05) is 11.8 Å². The van der Waals surface area contributed by atoms with Crippen molar-refractivity contribution in [2.24, 2.45) is 11.8 Å². The molecule has 0 amide bonds. The van der Waals surface area contributed by atoms with E-state index in [1.54, 1.807) is 0 Å². The first-order chi connectivity index (χ1) is 6.86. The zero-order chi connectivity index (χ0) is 10.2. The monoisotopic (exact) mass is 192 g/mol. The Hall–Kier alpha value is -0.440. The van der Waals surface area contributed by atoms with Crippen LogP contribution in [0.1, 0.15) is 65.2 Å². The van der Waals surface area contributed by atoms with E-state index in [9.17, 15) is 0 Å². The summed E-state index contributed by atoms with van der Waals surface area (Å²) in [7, 11) is 0. The van der Waals surface area contributed by atoms with Gasteiger partial charge in [-0.2, -0.15) is 0 Å². The van der Waals surface area contributed by atoms with Crippen molar-refractivity contribution >= 4 is 0 Å². The van der Waals surface area contributed by atoms with Crippen LogP contribution in [0.25, 0.3) is 0 Å². The van der Waals surface area contributed by atoms with Gasteiger partial charge >= 0.3 is 0 Å². The Morgan fingerprint density at radius 1 is 1.14 bits per heavy atom. The smallest absolute Gasteiger partial charge is 0.0203 e. The fraction of sp³-hybridized carbons (Fsp3) is 0.857. The van der Waals surface area contributed by atoms with Crippen LogP contribution in [0.4, 0.5) is 0 Å². The summed E-state index contributed by atoms with van der Waals surface area (Å²) in [5, 5.41) is 0. The summed E-state index contributed by atoms with van der Waals surface area (Å²) in [6.45, 7) is 4.51. The fourth-order valence-electron chi connectivity index (χ4n) is 2.21. The topological polar surface area (TPSA) is 0 Å². The van der Waals surface area contributed by atoms with Crippen LogP contribution in [0.2, 0.25) is 0 Å². The summed E-state index contributed by atoms with van der Waals surface area (Å²) in [5.74, 6) is 8.40. The van der Waals surface area contributed by atoms with Gasteiger partial charge in [-0.15, -0.1) is 0 Å². The van der Waals surface area contributed by atoms with Crippen LogP contribution in [0.15, 0.2) is 0 Å². The van der Waals surface area contributed by atoms with E-state index in [4.69, 9.17) is 0 Å². The molecule has 14 heavy (non-hydrogen) atoms. The molecule has 0 nitrogen and oxygen atoms in total. The van der Waals surface area contributed by atoms with Crippen LogP contribution in [-0.4, -0.2) is 0 Å². The molecule has 1 aliphatic carbocycles. The molecule has 0 aliphatic heterocycles. The molecule has 0 radical (unpaired) electrons. The molecular weight excluding hydrogens is 168 g/mol. The molecule has 1 atom stereocenters. The van der Waals surface area contributed by atoms with Crippen LogP contribution < -0.4 is 0 Å². The second-order valence-corrected chi connectivity index (χ2v) is 4.52. The van der Waals surface area contributed by atoms with E-state index in [1.165, 1.54) is 51.4 Å². The van der Waals surface area contributed by atoms with Crippen LogP contribution in [0.3, 0.4) is 0 Å². The highest BCUT2D eigenvalue weighted by atomic mass is 14.1. The van der Waals surface area contributed by atoms with E-state index < -0.39 is 0 Å². The highest BCUT2D eigenvalue weighted by Crippen LogP contribution is 2.23. The minimum absolute atomic E-state index is 0.668. The SMILES string of the molecule is CCCC(C#CC1CCCCC1)CC. The summed E-state index contributed by atoms with van der Waals surface area (Å²) < 4.78 is 0. The van der Waals surface area contributed by atoms with Gasteiger partial charge in [-0.1, -0.05) is 51.4 Å². The van der Waals surface area contributed by atoms with Crippen molar-refractivity contribution < 1.29 is 0 Å². The zero-order valence-corrected chi connectivity index (χ0v) is 9.81. The van der Waals surface area contributed by atoms with Crippen LogP contribution in [0.5, 0.6) is 0 Å². The fourth-order valence-corrected chi connectivity index (χ4v) is 2.21. The van der Waals surface area contributed by atoms with Crippen LogP contribution in [0, 0.1) is 23.7 Å². The van der Waals surface area contributed by atoms with Crippen molar-refractivity contribution in [3.05, 3.63) is 0 Å². The average Bonchev–Trinajstić information content (AvgIpc) is 2.25. The predicted octanol–water partition coefficient (Wildman–Crippen LogP) is 4.40. The Morgan fingerprint density at radius 3 is 2.43 bits per heavy atom. The highest BCUT2D eigenvalue weighted by molar-refractivity contribution is 5.07. The minimum atomic E-state index is 0.668. The zero-order valence-electron chi connectivity index (χ0n) is 9.81. The highest BCUT2D eigenvalue weighted by Gasteiger charge is 2.10. The van der Waals surface area contributed by atoms with E-state index in [1.807, 2.05) is 0 Å². The molecule has 0 saturated heterocycles. The van der Waals surface area contributed by atoms with Gasteiger partial charge in [0.1, 0.15) is 0 Å². The van der Waals surface area contributed by atoms with Crippen molar-refractivity contribution in [3.8, 4) is 11.8 Å². The lowest BCUT2D eigenvalue weighted by molar-refractivity contribution is 0.429.